The molecule has 0 aliphatic rings. The van der Waals surface area contributed by atoms with Crippen molar-refractivity contribution in [3.05, 3.63) is 40.8 Å². The monoisotopic (exact) mass is 202 g/mol. The van der Waals surface area contributed by atoms with Crippen LogP contribution in [-0.2, 0) is 4.79 Å². The second-order valence-corrected chi connectivity index (χ2v) is 3.26. The zero-order valence-electron chi connectivity index (χ0n) is 8.20. The van der Waals surface area contributed by atoms with Gasteiger partial charge in [-0.05, 0) is 17.5 Å². The average Bonchev–Trinajstić information content (AvgIpc) is 2.17. The Hall–Kier alpha value is -2.10. The fourth-order valence-electron chi connectivity index (χ4n) is 1.54. The van der Waals surface area contributed by atoms with Gasteiger partial charge in [0.25, 0.3) is 5.56 Å². The van der Waals surface area contributed by atoms with E-state index in [2.05, 4.69) is 10.3 Å². The van der Waals surface area contributed by atoms with E-state index in [-0.39, 0.29) is 11.5 Å². The van der Waals surface area contributed by atoms with E-state index in [9.17, 15) is 9.59 Å². The molecule has 0 radical (unpaired) electrons. The molecule has 0 bridgehead atoms. The van der Waals surface area contributed by atoms with Gasteiger partial charge in [0.05, 0.1) is 11.1 Å². The summed E-state index contributed by atoms with van der Waals surface area (Å²) in [5.41, 5.74) is 0.346. The van der Waals surface area contributed by atoms with E-state index >= 15 is 0 Å². The Labute approximate surface area is 85.9 Å². The quantitative estimate of drug-likeness (QED) is 0.735. The molecule has 0 aliphatic heterocycles. The Morgan fingerprint density at radius 3 is 2.87 bits per heavy atom. The van der Waals surface area contributed by atoms with Gasteiger partial charge < -0.3 is 10.3 Å². The molecule has 1 amide bonds. The molecular weight excluding hydrogens is 192 g/mol. The number of pyridine rings is 1. The van der Waals surface area contributed by atoms with E-state index in [0.29, 0.717) is 11.1 Å². The van der Waals surface area contributed by atoms with Crippen LogP contribution in [0.5, 0.6) is 0 Å². The van der Waals surface area contributed by atoms with Gasteiger partial charge in [0.2, 0.25) is 5.91 Å². The van der Waals surface area contributed by atoms with Gasteiger partial charge in [0, 0.05) is 13.1 Å². The first kappa shape index (κ1) is 9.45. The van der Waals surface area contributed by atoms with E-state index in [4.69, 9.17) is 0 Å². The van der Waals surface area contributed by atoms with Gasteiger partial charge in [-0.3, -0.25) is 9.59 Å². The number of benzene rings is 1. The molecule has 1 heterocycles. The SMILES string of the molecule is CC(=O)Nc1cccc2cc[nH]c(=O)c12. The number of fused-ring (bicyclic) bond motifs is 1. The predicted molar refractivity (Wildman–Crippen MR) is 58.9 cm³/mol. The van der Waals surface area contributed by atoms with E-state index in [0.717, 1.165) is 5.39 Å². The maximum absolute atomic E-state index is 11.6. The maximum Gasteiger partial charge on any atom is 0.257 e. The Balaban J connectivity index is 2.74. The number of H-pyrrole nitrogens is 1. The molecule has 0 spiro atoms. The molecule has 1 aromatic carbocycles. The minimum Gasteiger partial charge on any atom is -0.328 e. The number of carbonyl (C=O) groups excluding carboxylic acids is 1. The second kappa shape index (κ2) is 3.57. The van der Waals surface area contributed by atoms with Crippen molar-refractivity contribution in [2.75, 3.05) is 5.32 Å². The number of hydrogen-bond donors (Lipinski definition) is 2. The third kappa shape index (κ3) is 1.74. The Kier molecular flexibility index (Phi) is 2.25. The van der Waals surface area contributed by atoms with Crippen molar-refractivity contribution in [2.24, 2.45) is 0 Å². The van der Waals surface area contributed by atoms with Gasteiger partial charge >= 0.3 is 0 Å². The standard InChI is InChI=1S/C11H10N2O2/c1-7(14)13-9-4-2-3-8-5-6-12-11(15)10(8)9/h2-6H,1H3,(H,12,15)(H,13,14). The second-order valence-electron chi connectivity index (χ2n) is 3.26. The van der Waals surface area contributed by atoms with Crippen molar-refractivity contribution in [1.29, 1.82) is 0 Å². The largest absolute Gasteiger partial charge is 0.328 e. The van der Waals surface area contributed by atoms with Crippen molar-refractivity contribution in [3.8, 4) is 0 Å². The summed E-state index contributed by atoms with van der Waals surface area (Å²) in [5.74, 6) is -0.189. The van der Waals surface area contributed by atoms with Crippen LogP contribution in [0, 0.1) is 0 Å². The highest BCUT2D eigenvalue weighted by atomic mass is 16.1. The minimum atomic E-state index is -0.197. The lowest BCUT2D eigenvalue weighted by Gasteiger charge is -2.05. The van der Waals surface area contributed by atoms with Crippen molar-refractivity contribution in [3.63, 3.8) is 0 Å². The van der Waals surface area contributed by atoms with Crippen LogP contribution in [0.3, 0.4) is 0 Å². The van der Waals surface area contributed by atoms with Gasteiger partial charge in [-0.2, -0.15) is 0 Å². The number of rotatable bonds is 1. The molecule has 4 nitrogen and oxygen atoms in total. The Morgan fingerprint density at radius 2 is 2.13 bits per heavy atom. The van der Waals surface area contributed by atoms with E-state index in [1.807, 2.05) is 6.07 Å². The molecule has 1 aromatic heterocycles. The van der Waals surface area contributed by atoms with Crippen LogP contribution < -0.4 is 10.9 Å². The lowest BCUT2D eigenvalue weighted by atomic mass is 10.1. The Bertz CT molecular complexity index is 567. The first-order valence-corrected chi connectivity index (χ1v) is 4.56. The molecule has 15 heavy (non-hydrogen) atoms. The van der Waals surface area contributed by atoms with Crippen molar-refractivity contribution < 1.29 is 4.79 Å². The predicted octanol–water partition coefficient (Wildman–Crippen LogP) is 1.49. The summed E-state index contributed by atoms with van der Waals surface area (Å²) in [4.78, 5) is 25.1. The highest BCUT2D eigenvalue weighted by molar-refractivity contribution is 6.00. The van der Waals surface area contributed by atoms with Crippen LogP contribution in [0.2, 0.25) is 0 Å². The fraction of sp³-hybridized carbons (Fsp3) is 0.0909. The maximum atomic E-state index is 11.6. The normalized spacial score (nSPS) is 10.2. The van der Waals surface area contributed by atoms with Crippen molar-refractivity contribution >= 4 is 22.4 Å². The van der Waals surface area contributed by atoms with Crippen LogP contribution in [0.25, 0.3) is 10.8 Å². The summed E-state index contributed by atoms with van der Waals surface area (Å²) in [5, 5.41) is 3.95. The third-order valence-electron chi connectivity index (χ3n) is 2.11. The number of anilines is 1. The molecule has 0 fully saturated rings. The first-order valence-electron chi connectivity index (χ1n) is 4.56. The van der Waals surface area contributed by atoms with Crippen molar-refractivity contribution in [2.45, 2.75) is 6.92 Å². The summed E-state index contributed by atoms with van der Waals surface area (Å²) >= 11 is 0. The average molecular weight is 202 g/mol. The molecule has 0 aliphatic carbocycles. The number of carbonyl (C=O) groups is 1. The number of hydrogen-bond acceptors (Lipinski definition) is 2. The van der Waals surface area contributed by atoms with Crippen LogP contribution in [0.15, 0.2) is 35.3 Å². The first-order chi connectivity index (χ1) is 7.18. The fourth-order valence-corrected chi connectivity index (χ4v) is 1.54. The summed E-state index contributed by atoms with van der Waals surface area (Å²) in [7, 11) is 0. The number of amides is 1. The van der Waals surface area contributed by atoms with Gasteiger partial charge in [0.15, 0.2) is 0 Å². The minimum absolute atomic E-state index is 0.189. The topological polar surface area (TPSA) is 62.0 Å². The van der Waals surface area contributed by atoms with E-state index in [1.165, 1.54) is 6.92 Å². The molecule has 4 heteroatoms. The van der Waals surface area contributed by atoms with Crippen molar-refractivity contribution in [1.82, 2.24) is 4.98 Å². The molecular formula is C11H10N2O2. The zero-order valence-corrected chi connectivity index (χ0v) is 8.20. The van der Waals surface area contributed by atoms with Gasteiger partial charge in [-0.1, -0.05) is 12.1 Å². The molecule has 2 N–H and O–H groups in total. The molecule has 2 rings (SSSR count). The summed E-state index contributed by atoms with van der Waals surface area (Å²) in [6, 6.07) is 7.13. The van der Waals surface area contributed by atoms with Crippen LogP contribution in [0.1, 0.15) is 6.92 Å². The summed E-state index contributed by atoms with van der Waals surface area (Å²) < 4.78 is 0. The lowest BCUT2D eigenvalue weighted by Crippen LogP contribution is -2.11. The number of aromatic amines is 1. The molecule has 0 atom stereocenters. The van der Waals surface area contributed by atoms with Crippen LogP contribution in [0.4, 0.5) is 5.69 Å². The van der Waals surface area contributed by atoms with Crippen LogP contribution in [-0.4, -0.2) is 10.9 Å². The summed E-state index contributed by atoms with van der Waals surface area (Å²) in [6.45, 7) is 1.41. The van der Waals surface area contributed by atoms with E-state index < -0.39 is 0 Å². The zero-order chi connectivity index (χ0) is 10.8. The Morgan fingerprint density at radius 1 is 1.33 bits per heavy atom. The van der Waals surface area contributed by atoms with E-state index in [1.54, 1.807) is 24.4 Å². The smallest absolute Gasteiger partial charge is 0.257 e. The summed E-state index contributed by atoms with van der Waals surface area (Å²) in [6.07, 6.45) is 1.59. The molecule has 0 saturated carbocycles. The molecule has 0 saturated heterocycles. The lowest BCUT2D eigenvalue weighted by molar-refractivity contribution is -0.114. The molecule has 2 aromatic rings. The van der Waals surface area contributed by atoms with Gasteiger partial charge in [-0.25, -0.2) is 0 Å². The highest BCUT2D eigenvalue weighted by Crippen LogP contribution is 2.18. The number of nitrogens with one attached hydrogen (secondary N) is 2. The molecule has 0 unspecified atom stereocenters. The number of aromatic nitrogens is 1. The van der Waals surface area contributed by atoms with Gasteiger partial charge in [0.1, 0.15) is 0 Å². The van der Waals surface area contributed by atoms with Crippen LogP contribution >= 0.6 is 0 Å². The third-order valence-corrected chi connectivity index (χ3v) is 2.11. The van der Waals surface area contributed by atoms with Gasteiger partial charge in [-0.15, -0.1) is 0 Å². The highest BCUT2D eigenvalue weighted by Gasteiger charge is 2.04. The molecule has 76 valence electrons.